The van der Waals surface area contributed by atoms with Gasteiger partial charge in [-0.2, -0.15) is 0 Å². The van der Waals surface area contributed by atoms with Crippen molar-refractivity contribution in [3.63, 3.8) is 0 Å². The van der Waals surface area contributed by atoms with Gasteiger partial charge < -0.3 is 9.84 Å². The number of hydrogen-bond donors (Lipinski definition) is 1. The first-order valence-corrected chi connectivity index (χ1v) is 3.56. The standard InChI is InChI=1S/C5H8N2O2S/c1-9-3-4(8)5-2-6-7-10-5/h2,4,8H,3H2,1H3. The second kappa shape index (κ2) is 3.60. The molecule has 10 heavy (non-hydrogen) atoms. The van der Waals surface area contributed by atoms with E-state index in [1.54, 1.807) is 0 Å². The van der Waals surface area contributed by atoms with Gasteiger partial charge in [-0.25, -0.2) is 0 Å². The van der Waals surface area contributed by atoms with E-state index in [9.17, 15) is 5.11 Å². The Labute approximate surface area is 62.6 Å². The van der Waals surface area contributed by atoms with Crippen LogP contribution < -0.4 is 0 Å². The topological polar surface area (TPSA) is 55.2 Å². The van der Waals surface area contributed by atoms with Gasteiger partial charge in [0.05, 0.1) is 17.7 Å². The van der Waals surface area contributed by atoms with E-state index < -0.39 is 6.10 Å². The van der Waals surface area contributed by atoms with Gasteiger partial charge in [0.2, 0.25) is 0 Å². The summed E-state index contributed by atoms with van der Waals surface area (Å²) in [6, 6.07) is 0. The maximum atomic E-state index is 9.21. The zero-order valence-corrected chi connectivity index (χ0v) is 6.34. The van der Waals surface area contributed by atoms with Crippen LogP contribution in [0.3, 0.4) is 0 Å². The Morgan fingerprint density at radius 1 is 1.90 bits per heavy atom. The minimum absolute atomic E-state index is 0.296. The van der Waals surface area contributed by atoms with Crippen LogP contribution >= 0.6 is 11.5 Å². The van der Waals surface area contributed by atoms with E-state index in [4.69, 9.17) is 4.74 Å². The first-order chi connectivity index (χ1) is 4.84. The van der Waals surface area contributed by atoms with E-state index in [0.29, 0.717) is 6.61 Å². The third-order valence-electron chi connectivity index (χ3n) is 1.03. The van der Waals surface area contributed by atoms with Crippen LogP contribution in [0.1, 0.15) is 11.0 Å². The number of aromatic nitrogens is 2. The summed E-state index contributed by atoms with van der Waals surface area (Å²) in [6.45, 7) is 0.296. The molecule has 1 aromatic rings. The maximum absolute atomic E-state index is 9.21. The molecule has 0 saturated heterocycles. The van der Waals surface area contributed by atoms with Gasteiger partial charge in [-0.15, -0.1) is 5.10 Å². The number of methoxy groups -OCH3 is 1. The normalized spacial score (nSPS) is 13.4. The Kier molecular flexibility index (Phi) is 2.73. The Balaban J connectivity index is 2.50. The van der Waals surface area contributed by atoms with Crippen molar-refractivity contribution in [2.75, 3.05) is 13.7 Å². The van der Waals surface area contributed by atoms with E-state index in [2.05, 4.69) is 9.59 Å². The van der Waals surface area contributed by atoms with Crippen LogP contribution in [0.2, 0.25) is 0 Å². The van der Waals surface area contributed by atoms with E-state index in [0.717, 1.165) is 4.88 Å². The Morgan fingerprint density at radius 2 is 2.70 bits per heavy atom. The molecule has 1 rings (SSSR count). The van der Waals surface area contributed by atoms with Crippen molar-refractivity contribution in [2.45, 2.75) is 6.10 Å². The number of aliphatic hydroxyl groups is 1. The lowest BCUT2D eigenvalue weighted by molar-refractivity contribution is 0.0665. The molecule has 1 aromatic heterocycles. The number of hydrogen-bond acceptors (Lipinski definition) is 5. The summed E-state index contributed by atoms with van der Waals surface area (Å²) >= 11 is 1.18. The summed E-state index contributed by atoms with van der Waals surface area (Å²) in [5, 5.41) is 12.8. The summed E-state index contributed by atoms with van der Waals surface area (Å²) in [5.74, 6) is 0. The molecule has 0 spiro atoms. The number of nitrogens with zero attached hydrogens (tertiary/aromatic N) is 2. The highest BCUT2D eigenvalue weighted by Gasteiger charge is 2.08. The first-order valence-electron chi connectivity index (χ1n) is 2.79. The molecule has 0 aromatic carbocycles. The molecule has 0 bridgehead atoms. The fraction of sp³-hybridized carbons (Fsp3) is 0.600. The summed E-state index contributed by atoms with van der Waals surface area (Å²) in [4.78, 5) is 0.738. The third-order valence-corrected chi connectivity index (χ3v) is 1.80. The second-order valence-electron chi connectivity index (χ2n) is 1.79. The lowest BCUT2D eigenvalue weighted by Gasteiger charge is -2.03. The van der Waals surface area contributed by atoms with Crippen molar-refractivity contribution in [1.29, 1.82) is 0 Å². The van der Waals surface area contributed by atoms with Crippen LogP contribution in [0.5, 0.6) is 0 Å². The van der Waals surface area contributed by atoms with Gasteiger partial charge in [0.15, 0.2) is 0 Å². The molecule has 56 valence electrons. The summed E-state index contributed by atoms with van der Waals surface area (Å²) in [6.07, 6.45) is 0.957. The molecule has 0 aliphatic rings. The fourth-order valence-corrected chi connectivity index (χ4v) is 1.03. The molecule has 1 unspecified atom stereocenters. The lowest BCUT2D eigenvalue weighted by Crippen LogP contribution is -2.02. The highest BCUT2D eigenvalue weighted by Crippen LogP contribution is 2.14. The average Bonchev–Trinajstić information content (AvgIpc) is 2.38. The second-order valence-corrected chi connectivity index (χ2v) is 2.61. The van der Waals surface area contributed by atoms with Gasteiger partial charge in [0.1, 0.15) is 6.10 Å². The average molecular weight is 160 g/mol. The molecular formula is C5H8N2O2S. The fourth-order valence-electron chi connectivity index (χ4n) is 0.562. The van der Waals surface area contributed by atoms with Crippen LogP contribution in [0.25, 0.3) is 0 Å². The Morgan fingerprint density at radius 3 is 3.20 bits per heavy atom. The Hall–Kier alpha value is -0.520. The van der Waals surface area contributed by atoms with Gasteiger partial charge in [0.25, 0.3) is 0 Å². The first kappa shape index (κ1) is 7.59. The van der Waals surface area contributed by atoms with Crippen LogP contribution in [-0.2, 0) is 4.74 Å². The van der Waals surface area contributed by atoms with Gasteiger partial charge in [-0.3, -0.25) is 0 Å². The van der Waals surface area contributed by atoms with Crippen LogP contribution in [0.4, 0.5) is 0 Å². The van der Waals surface area contributed by atoms with Gasteiger partial charge >= 0.3 is 0 Å². The molecule has 0 aliphatic carbocycles. The van der Waals surface area contributed by atoms with Crippen molar-refractivity contribution in [3.05, 3.63) is 11.1 Å². The van der Waals surface area contributed by atoms with E-state index in [1.165, 1.54) is 24.8 Å². The van der Waals surface area contributed by atoms with E-state index >= 15 is 0 Å². The smallest absolute Gasteiger partial charge is 0.115 e. The van der Waals surface area contributed by atoms with E-state index in [-0.39, 0.29) is 0 Å². The van der Waals surface area contributed by atoms with Gasteiger partial charge in [-0.05, 0) is 11.5 Å². The molecule has 1 N–H and O–H groups in total. The Bertz CT molecular complexity index is 178. The van der Waals surface area contributed by atoms with Crippen molar-refractivity contribution in [3.8, 4) is 0 Å². The lowest BCUT2D eigenvalue weighted by atomic mass is 10.3. The summed E-state index contributed by atoms with van der Waals surface area (Å²) in [7, 11) is 1.54. The number of rotatable bonds is 3. The molecule has 5 heteroatoms. The predicted molar refractivity (Wildman–Crippen MR) is 36.7 cm³/mol. The van der Waals surface area contributed by atoms with Gasteiger partial charge in [0, 0.05) is 7.11 Å². The highest BCUT2D eigenvalue weighted by molar-refractivity contribution is 7.05. The summed E-state index contributed by atoms with van der Waals surface area (Å²) in [5.41, 5.74) is 0. The minimum Gasteiger partial charge on any atom is -0.385 e. The number of aliphatic hydroxyl groups excluding tert-OH is 1. The van der Waals surface area contributed by atoms with Crippen molar-refractivity contribution in [2.24, 2.45) is 0 Å². The molecule has 0 amide bonds. The van der Waals surface area contributed by atoms with E-state index in [1.807, 2.05) is 0 Å². The molecule has 0 saturated carbocycles. The van der Waals surface area contributed by atoms with Crippen molar-refractivity contribution < 1.29 is 9.84 Å². The quantitative estimate of drug-likeness (QED) is 0.687. The molecule has 0 radical (unpaired) electrons. The zero-order valence-electron chi connectivity index (χ0n) is 5.52. The minimum atomic E-state index is -0.579. The predicted octanol–water partition coefficient (Wildman–Crippen LogP) is 0.218. The highest BCUT2D eigenvalue weighted by atomic mass is 32.1. The van der Waals surface area contributed by atoms with Crippen LogP contribution in [0, 0.1) is 0 Å². The molecule has 0 fully saturated rings. The molecular weight excluding hydrogens is 152 g/mol. The molecule has 4 nitrogen and oxygen atoms in total. The third kappa shape index (κ3) is 1.73. The zero-order chi connectivity index (χ0) is 7.40. The SMILES string of the molecule is COCC(O)c1cnns1. The van der Waals surface area contributed by atoms with Crippen LogP contribution in [-0.4, -0.2) is 28.4 Å². The molecule has 1 heterocycles. The monoisotopic (exact) mass is 160 g/mol. The van der Waals surface area contributed by atoms with Crippen LogP contribution in [0.15, 0.2) is 6.20 Å². The molecule has 1 atom stereocenters. The molecule has 0 aliphatic heterocycles. The maximum Gasteiger partial charge on any atom is 0.115 e. The number of ether oxygens (including phenoxy) is 1. The van der Waals surface area contributed by atoms with Crippen molar-refractivity contribution >= 4 is 11.5 Å². The largest absolute Gasteiger partial charge is 0.385 e. The summed E-state index contributed by atoms with van der Waals surface area (Å²) < 4.78 is 8.33. The van der Waals surface area contributed by atoms with Gasteiger partial charge in [-0.1, -0.05) is 4.49 Å². The van der Waals surface area contributed by atoms with Crippen molar-refractivity contribution in [1.82, 2.24) is 9.59 Å².